The number of ether oxygens (including phenoxy) is 5. The fraction of sp³-hybridized carbons (Fsp3) is 0.619. The fourth-order valence-corrected chi connectivity index (χ4v) is 5.19. The summed E-state index contributed by atoms with van der Waals surface area (Å²) in [7, 11) is 4.92. The molecule has 2 saturated heterocycles. The number of epoxide rings is 1. The van der Waals surface area contributed by atoms with E-state index in [1.54, 1.807) is 21.3 Å². The Balaban J connectivity index is 1.75. The topological polar surface area (TPSA) is 69.7 Å². The summed E-state index contributed by atoms with van der Waals surface area (Å²) in [6.07, 6.45) is 2.31. The quantitative estimate of drug-likeness (QED) is 0.608. The lowest BCUT2D eigenvalue weighted by Crippen LogP contribution is -2.58. The van der Waals surface area contributed by atoms with Gasteiger partial charge in [-0.1, -0.05) is 19.1 Å². The Morgan fingerprint density at radius 2 is 2.00 bits per heavy atom. The molecule has 6 heteroatoms. The number of methoxy groups -OCH3 is 3. The average molecular weight is 376 g/mol. The van der Waals surface area contributed by atoms with Gasteiger partial charge in [0.15, 0.2) is 11.5 Å². The number of hydrogen-bond donors (Lipinski definition) is 1. The summed E-state index contributed by atoms with van der Waals surface area (Å²) in [4.78, 5) is 0. The predicted octanol–water partition coefficient (Wildman–Crippen LogP) is 2.85. The van der Waals surface area contributed by atoms with Crippen molar-refractivity contribution >= 4 is 0 Å². The van der Waals surface area contributed by atoms with Gasteiger partial charge in [0.1, 0.15) is 12.2 Å². The Labute approximate surface area is 160 Å². The molecule has 7 unspecified atom stereocenters. The van der Waals surface area contributed by atoms with Gasteiger partial charge in [0.25, 0.3) is 0 Å². The third kappa shape index (κ3) is 2.47. The Hall–Kier alpha value is -1.60. The van der Waals surface area contributed by atoms with Crippen LogP contribution in [-0.2, 0) is 14.2 Å². The maximum Gasteiger partial charge on any atom is 0.202 e. The largest absolute Gasteiger partial charge is 0.493 e. The lowest BCUT2D eigenvalue weighted by Gasteiger charge is -2.46. The zero-order valence-electron chi connectivity index (χ0n) is 16.3. The van der Waals surface area contributed by atoms with Crippen molar-refractivity contribution in [2.24, 2.45) is 11.3 Å². The van der Waals surface area contributed by atoms with E-state index in [9.17, 15) is 5.11 Å². The van der Waals surface area contributed by atoms with E-state index < -0.39 is 11.2 Å². The van der Waals surface area contributed by atoms with Crippen LogP contribution in [0.2, 0.25) is 0 Å². The number of fused-ring (bicyclic) bond motifs is 3. The van der Waals surface area contributed by atoms with Gasteiger partial charge < -0.3 is 28.8 Å². The second kappa shape index (κ2) is 6.48. The van der Waals surface area contributed by atoms with Crippen LogP contribution in [0.15, 0.2) is 30.9 Å². The highest BCUT2D eigenvalue weighted by Gasteiger charge is 2.77. The Morgan fingerprint density at radius 1 is 1.26 bits per heavy atom. The normalized spacial score (nSPS) is 42.2. The second-order valence-electron chi connectivity index (χ2n) is 7.79. The van der Waals surface area contributed by atoms with Crippen molar-refractivity contribution in [3.63, 3.8) is 0 Å². The molecule has 0 aromatic heterocycles. The molecule has 1 N–H and O–H groups in total. The summed E-state index contributed by atoms with van der Waals surface area (Å²) in [5.41, 5.74) is 0.419. The summed E-state index contributed by atoms with van der Waals surface area (Å²) in [6.45, 7) is 6.05. The molecule has 1 aliphatic carbocycles. The van der Waals surface area contributed by atoms with Gasteiger partial charge in [-0.05, 0) is 36.5 Å². The van der Waals surface area contributed by atoms with Crippen molar-refractivity contribution in [2.45, 2.75) is 50.0 Å². The van der Waals surface area contributed by atoms with E-state index in [1.165, 1.54) is 0 Å². The molecular weight excluding hydrogens is 348 g/mol. The molecule has 1 aromatic carbocycles. The minimum atomic E-state index is -1.36. The van der Waals surface area contributed by atoms with Crippen LogP contribution in [0.3, 0.4) is 0 Å². The van der Waals surface area contributed by atoms with E-state index in [2.05, 4.69) is 13.5 Å². The Bertz CT molecular complexity index is 735. The van der Waals surface area contributed by atoms with Crippen molar-refractivity contribution in [3.8, 4) is 11.5 Å². The summed E-state index contributed by atoms with van der Waals surface area (Å²) in [5.74, 6) is -0.0333. The first-order valence-corrected chi connectivity index (χ1v) is 9.37. The number of hydrogen-bond acceptors (Lipinski definition) is 6. The van der Waals surface area contributed by atoms with Crippen LogP contribution in [0.1, 0.15) is 31.4 Å². The maximum absolute atomic E-state index is 11.6. The molecule has 0 radical (unpaired) electrons. The molecule has 0 bridgehead atoms. The standard InChI is InChI=1S/C21H28O6/c1-6-9-20-11-16(25-5)18-19(26-18)21(20,22)27-17(12(20)2)13-7-8-14(23-3)15(10-13)24-4/h6-8,10,12,16-19,22H,1,9,11H2,2-5H3. The summed E-state index contributed by atoms with van der Waals surface area (Å²) < 4.78 is 28.6. The van der Waals surface area contributed by atoms with Crippen molar-refractivity contribution in [2.75, 3.05) is 21.3 Å². The van der Waals surface area contributed by atoms with Gasteiger partial charge in [0.2, 0.25) is 5.79 Å². The van der Waals surface area contributed by atoms with Gasteiger partial charge >= 0.3 is 0 Å². The molecule has 2 heterocycles. The minimum absolute atomic E-state index is 0.0291. The average Bonchev–Trinajstić information content (AvgIpc) is 3.45. The molecular formula is C21H28O6. The smallest absolute Gasteiger partial charge is 0.202 e. The molecule has 0 spiro atoms. The van der Waals surface area contributed by atoms with E-state index in [0.717, 1.165) is 5.56 Å². The molecule has 7 atom stereocenters. The van der Waals surface area contributed by atoms with Crippen LogP contribution in [0, 0.1) is 11.3 Å². The van der Waals surface area contributed by atoms with Crippen molar-refractivity contribution in [1.82, 2.24) is 0 Å². The number of rotatable bonds is 6. The van der Waals surface area contributed by atoms with Crippen LogP contribution in [-0.4, -0.2) is 50.5 Å². The summed E-state index contributed by atoms with van der Waals surface area (Å²) >= 11 is 0. The van der Waals surface area contributed by atoms with E-state index in [0.29, 0.717) is 24.3 Å². The molecule has 0 amide bonds. The number of aliphatic hydroxyl groups is 1. The molecule has 148 valence electrons. The van der Waals surface area contributed by atoms with Gasteiger partial charge in [-0.25, -0.2) is 0 Å². The third-order valence-electron chi connectivity index (χ3n) is 6.74. The maximum atomic E-state index is 11.6. The second-order valence-corrected chi connectivity index (χ2v) is 7.79. The van der Waals surface area contributed by atoms with Crippen molar-refractivity contribution in [1.29, 1.82) is 0 Å². The molecule has 3 aliphatic rings. The first-order valence-electron chi connectivity index (χ1n) is 9.37. The highest BCUT2D eigenvalue weighted by Crippen LogP contribution is 2.67. The molecule has 1 saturated carbocycles. The fourth-order valence-electron chi connectivity index (χ4n) is 5.19. The molecule has 27 heavy (non-hydrogen) atoms. The first-order chi connectivity index (χ1) is 13.0. The van der Waals surface area contributed by atoms with Crippen LogP contribution >= 0.6 is 0 Å². The monoisotopic (exact) mass is 376 g/mol. The van der Waals surface area contributed by atoms with Crippen molar-refractivity contribution < 1.29 is 28.8 Å². The molecule has 2 aliphatic heterocycles. The zero-order valence-corrected chi connectivity index (χ0v) is 16.3. The van der Waals surface area contributed by atoms with E-state index in [1.807, 2.05) is 24.3 Å². The summed E-state index contributed by atoms with van der Waals surface area (Å²) in [5, 5.41) is 11.6. The van der Waals surface area contributed by atoms with Crippen LogP contribution in [0.5, 0.6) is 11.5 Å². The Morgan fingerprint density at radius 3 is 2.63 bits per heavy atom. The van der Waals surface area contributed by atoms with E-state index >= 15 is 0 Å². The highest BCUT2D eigenvalue weighted by atomic mass is 16.7. The van der Waals surface area contributed by atoms with Gasteiger partial charge in [-0.2, -0.15) is 0 Å². The minimum Gasteiger partial charge on any atom is -0.493 e. The first kappa shape index (κ1) is 18.7. The lowest BCUT2D eigenvalue weighted by atomic mass is 9.60. The molecule has 1 aromatic rings. The molecule has 4 rings (SSSR count). The highest BCUT2D eigenvalue weighted by molar-refractivity contribution is 5.44. The Kier molecular flexibility index (Phi) is 4.50. The zero-order chi connectivity index (χ0) is 19.4. The predicted molar refractivity (Wildman–Crippen MR) is 98.8 cm³/mol. The number of benzene rings is 1. The van der Waals surface area contributed by atoms with Crippen LogP contribution in [0.25, 0.3) is 0 Å². The SMILES string of the molecule is C=CCC12CC(OC)C3OC3C1(O)OC(c1ccc(OC)c(OC)c1)C2C. The van der Waals surface area contributed by atoms with Crippen LogP contribution < -0.4 is 9.47 Å². The van der Waals surface area contributed by atoms with E-state index in [-0.39, 0.29) is 30.3 Å². The van der Waals surface area contributed by atoms with Gasteiger partial charge in [-0.15, -0.1) is 6.58 Å². The van der Waals surface area contributed by atoms with Gasteiger partial charge in [0, 0.05) is 12.5 Å². The van der Waals surface area contributed by atoms with Gasteiger partial charge in [0.05, 0.1) is 26.4 Å². The number of allylic oxidation sites excluding steroid dienone is 1. The summed E-state index contributed by atoms with van der Waals surface area (Å²) in [6, 6.07) is 5.75. The third-order valence-corrected chi connectivity index (χ3v) is 6.74. The van der Waals surface area contributed by atoms with E-state index in [4.69, 9.17) is 23.7 Å². The van der Waals surface area contributed by atoms with Crippen LogP contribution in [0.4, 0.5) is 0 Å². The molecule has 6 nitrogen and oxygen atoms in total. The van der Waals surface area contributed by atoms with Crippen molar-refractivity contribution in [3.05, 3.63) is 36.4 Å². The lowest BCUT2D eigenvalue weighted by molar-refractivity contribution is -0.264. The molecule has 3 fully saturated rings. The van der Waals surface area contributed by atoms with Gasteiger partial charge in [-0.3, -0.25) is 0 Å².